The van der Waals surface area contributed by atoms with Crippen LogP contribution < -0.4 is 10.5 Å². The third kappa shape index (κ3) is 3.03. The Morgan fingerprint density at radius 2 is 2.28 bits per heavy atom. The first-order chi connectivity index (χ1) is 8.74. The van der Waals surface area contributed by atoms with Crippen LogP contribution in [0.25, 0.3) is 0 Å². The molecule has 0 bridgehead atoms. The van der Waals surface area contributed by atoms with Gasteiger partial charge in [0.15, 0.2) is 0 Å². The van der Waals surface area contributed by atoms with E-state index in [4.69, 9.17) is 10.5 Å². The SMILES string of the molecule is COc1cccc(CN2CCCC(C)C2CN)c1. The maximum atomic E-state index is 5.93. The minimum Gasteiger partial charge on any atom is -0.497 e. The fraction of sp³-hybridized carbons (Fsp3) is 0.600. The molecule has 1 saturated heterocycles. The Bertz CT molecular complexity index is 381. The number of likely N-dealkylation sites (tertiary alicyclic amines) is 1. The molecule has 2 unspecified atom stereocenters. The molecule has 1 aliphatic heterocycles. The third-order valence-electron chi connectivity index (χ3n) is 3.99. The molecule has 0 aromatic heterocycles. The topological polar surface area (TPSA) is 38.5 Å². The molecule has 0 radical (unpaired) electrons. The van der Waals surface area contributed by atoms with Crippen molar-refractivity contribution in [3.8, 4) is 5.75 Å². The van der Waals surface area contributed by atoms with Crippen LogP contribution in [0.4, 0.5) is 0 Å². The lowest BCUT2D eigenvalue weighted by atomic mass is 9.90. The molecule has 0 saturated carbocycles. The fourth-order valence-electron chi connectivity index (χ4n) is 2.92. The van der Waals surface area contributed by atoms with Crippen molar-refractivity contribution in [1.82, 2.24) is 4.90 Å². The molecule has 3 nitrogen and oxygen atoms in total. The lowest BCUT2D eigenvalue weighted by Crippen LogP contribution is -2.47. The smallest absolute Gasteiger partial charge is 0.119 e. The second kappa shape index (κ2) is 6.21. The van der Waals surface area contributed by atoms with Gasteiger partial charge in [0, 0.05) is 19.1 Å². The van der Waals surface area contributed by atoms with Gasteiger partial charge in [-0.1, -0.05) is 19.1 Å². The summed E-state index contributed by atoms with van der Waals surface area (Å²) in [6.07, 6.45) is 2.58. The van der Waals surface area contributed by atoms with Crippen molar-refractivity contribution in [2.24, 2.45) is 11.7 Å². The molecule has 0 spiro atoms. The van der Waals surface area contributed by atoms with Crippen molar-refractivity contribution in [1.29, 1.82) is 0 Å². The average molecular weight is 248 g/mol. The van der Waals surface area contributed by atoms with Gasteiger partial charge in [-0.15, -0.1) is 0 Å². The van der Waals surface area contributed by atoms with Crippen LogP contribution in [0.3, 0.4) is 0 Å². The van der Waals surface area contributed by atoms with Gasteiger partial charge in [0.1, 0.15) is 5.75 Å². The molecule has 1 heterocycles. The fourth-order valence-corrected chi connectivity index (χ4v) is 2.92. The highest BCUT2D eigenvalue weighted by Crippen LogP contribution is 2.25. The van der Waals surface area contributed by atoms with E-state index in [1.807, 2.05) is 6.07 Å². The number of methoxy groups -OCH3 is 1. The largest absolute Gasteiger partial charge is 0.497 e. The average Bonchev–Trinajstić information content (AvgIpc) is 2.39. The lowest BCUT2D eigenvalue weighted by Gasteiger charge is -2.39. The minimum atomic E-state index is 0.518. The quantitative estimate of drug-likeness (QED) is 0.888. The summed E-state index contributed by atoms with van der Waals surface area (Å²) in [6.45, 7) is 5.20. The van der Waals surface area contributed by atoms with Crippen LogP contribution in [0.2, 0.25) is 0 Å². The van der Waals surface area contributed by atoms with Crippen LogP contribution in [-0.2, 0) is 6.54 Å². The van der Waals surface area contributed by atoms with Crippen LogP contribution in [0, 0.1) is 5.92 Å². The summed E-state index contributed by atoms with van der Waals surface area (Å²) < 4.78 is 5.28. The first-order valence-corrected chi connectivity index (χ1v) is 6.81. The zero-order valence-electron chi connectivity index (χ0n) is 11.4. The van der Waals surface area contributed by atoms with Gasteiger partial charge in [-0.25, -0.2) is 0 Å². The Hall–Kier alpha value is -1.06. The summed E-state index contributed by atoms with van der Waals surface area (Å²) in [5.41, 5.74) is 7.23. The molecule has 1 fully saturated rings. The molecule has 18 heavy (non-hydrogen) atoms. The van der Waals surface area contributed by atoms with Gasteiger partial charge in [-0.3, -0.25) is 4.90 Å². The van der Waals surface area contributed by atoms with E-state index in [1.165, 1.54) is 18.4 Å². The summed E-state index contributed by atoms with van der Waals surface area (Å²) in [7, 11) is 1.71. The van der Waals surface area contributed by atoms with Crippen LogP contribution in [-0.4, -0.2) is 31.1 Å². The number of benzene rings is 1. The standard InChI is InChI=1S/C15H24N2O/c1-12-5-4-8-17(15(12)10-16)11-13-6-3-7-14(9-13)18-2/h3,6-7,9,12,15H,4-5,8,10-11,16H2,1-2H3. The van der Waals surface area contributed by atoms with Crippen molar-refractivity contribution < 1.29 is 4.74 Å². The second-order valence-electron chi connectivity index (χ2n) is 5.24. The molecule has 3 heteroatoms. The summed E-state index contributed by atoms with van der Waals surface area (Å²) in [6, 6.07) is 8.84. The first-order valence-electron chi connectivity index (χ1n) is 6.81. The van der Waals surface area contributed by atoms with Gasteiger partial charge in [-0.05, 0) is 43.0 Å². The number of nitrogens with zero attached hydrogens (tertiary/aromatic N) is 1. The summed E-state index contributed by atoms with van der Waals surface area (Å²) in [4.78, 5) is 2.52. The molecule has 0 aliphatic carbocycles. The van der Waals surface area contributed by atoms with Crippen molar-refractivity contribution in [2.75, 3.05) is 20.2 Å². The number of hydrogen-bond donors (Lipinski definition) is 1. The van der Waals surface area contributed by atoms with Crippen LogP contribution >= 0.6 is 0 Å². The van der Waals surface area contributed by atoms with E-state index in [-0.39, 0.29) is 0 Å². The van der Waals surface area contributed by atoms with E-state index in [1.54, 1.807) is 7.11 Å². The van der Waals surface area contributed by atoms with Crippen molar-refractivity contribution in [3.05, 3.63) is 29.8 Å². The van der Waals surface area contributed by atoms with Gasteiger partial charge in [0.05, 0.1) is 7.11 Å². The van der Waals surface area contributed by atoms with Crippen LogP contribution in [0.1, 0.15) is 25.3 Å². The van der Waals surface area contributed by atoms with Crippen molar-refractivity contribution >= 4 is 0 Å². The first kappa shape index (κ1) is 13.4. The number of ether oxygens (including phenoxy) is 1. The maximum absolute atomic E-state index is 5.93. The molecule has 1 aromatic rings. The summed E-state index contributed by atoms with van der Waals surface area (Å²) in [5, 5.41) is 0. The van der Waals surface area contributed by atoms with E-state index in [2.05, 4.69) is 30.0 Å². The predicted molar refractivity (Wildman–Crippen MR) is 74.6 cm³/mol. The maximum Gasteiger partial charge on any atom is 0.119 e. The Kier molecular flexibility index (Phi) is 4.61. The van der Waals surface area contributed by atoms with Gasteiger partial charge in [0.2, 0.25) is 0 Å². The number of hydrogen-bond acceptors (Lipinski definition) is 3. The van der Waals surface area contributed by atoms with Crippen molar-refractivity contribution in [2.45, 2.75) is 32.4 Å². The highest BCUT2D eigenvalue weighted by atomic mass is 16.5. The van der Waals surface area contributed by atoms with E-state index in [0.29, 0.717) is 12.0 Å². The van der Waals surface area contributed by atoms with E-state index >= 15 is 0 Å². The molecule has 0 amide bonds. The number of nitrogens with two attached hydrogens (primary N) is 1. The normalized spacial score (nSPS) is 25.1. The highest BCUT2D eigenvalue weighted by Gasteiger charge is 2.27. The molecule has 1 aromatic carbocycles. The summed E-state index contributed by atoms with van der Waals surface area (Å²) in [5.74, 6) is 1.64. The Morgan fingerprint density at radius 1 is 1.44 bits per heavy atom. The van der Waals surface area contributed by atoms with Crippen LogP contribution in [0.15, 0.2) is 24.3 Å². The van der Waals surface area contributed by atoms with E-state index in [0.717, 1.165) is 25.4 Å². The number of rotatable bonds is 4. The Labute approximate surface area is 110 Å². The highest BCUT2D eigenvalue weighted by molar-refractivity contribution is 5.28. The predicted octanol–water partition coefficient (Wildman–Crippen LogP) is 2.25. The minimum absolute atomic E-state index is 0.518. The van der Waals surface area contributed by atoms with Crippen LogP contribution in [0.5, 0.6) is 5.75 Å². The molecular weight excluding hydrogens is 224 g/mol. The molecular formula is C15H24N2O. The van der Waals surface area contributed by atoms with Crippen molar-refractivity contribution in [3.63, 3.8) is 0 Å². The molecule has 100 valence electrons. The summed E-state index contributed by atoms with van der Waals surface area (Å²) >= 11 is 0. The van der Waals surface area contributed by atoms with E-state index in [9.17, 15) is 0 Å². The second-order valence-corrected chi connectivity index (χ2v) is 5.24. The lowest BCUT2D eigenvalue weighted by molar-refractivity contribution is 0.0990. The molecule has 1 aliphatic rings. The zero-order chi connectivity index (χ0) is 13.0. The van der Waals surface area contributed by atoms with Gasteiger partial charge in [0.25, 0.3) is 0 Å². The molecule has 2 N–H and O–H groups in total. The number of piperidine rings is 1. The molecule has 2 atom stereocenters. The Morgan fingerprint density at radius 3 is 3.00 bits per heavy atom. The molecule has 2 rings (SSSR count). The van der Waals surface area contributed by atoms with Gasteiger partial charge >= 0.3 is 0 Å². The van der Waals surface area contributed by atoms with E-state index < -0.39 is 0 Å². The van der Waals surface area contributed by atoms with Gasteiger partial charge in [-0.2, -0.15) is 0 Å². The monoisotopic (exact) mass is 248 g/mol. The Balaban J connectivity index is 2.06. The third-order valence-corrected chi connectivity index (χ3v) is 3.99. The zero-order valence-corrected chi connectivity index (χ0v) is 11.4. The van der Waals surface area contributed by atoms with Gasteiger partial charge < -0.3 is 10.5 Å².